The predicted molar refractivity (Wildman–Crippen MR) is 100 cm³/mol. The number of fused-ring (bicyclic) bond motifs is 1. The zero-order valence-electron chi connectivity index (χ0n) is 15.1. The van der Waals surface area contributed by atoms with E-state index in [1.807, 2.05) is 30.3 Å². The molecule has 25 heavy (non-hydrogen) atoms. The number of carbonyl (C=O) groups is 1. The molecule has 0 aliphatic heterocycles. The average Bonchev–Trinajstić information content (AvgIpc) is 2.96. The van der Waals surface area contributed by atoms with Gasteiger partial charge in [-0.2, -0.15) is 0 Å². The van der Waals surface area contributed by atoms with Crippen LogP contribution in [0.4, 0.5) is 5.69 Å². The van der Waals surface area contributed by atoms with Gasteiger partial charge in [0.15, 0.2) is 0 Å². The number of hydrogen-bond acceptors (Lipinski definition) is 3. The van der Waals surface area contributed by atoms with Gasteiger partial charge in [0.2, 0.25) is 5.91 Å². The third kappa shape index (κ3) is 3.53. The Balaban J connectivity index is 1.85. The van der Waals surface area contributed by atoms with Crippen molar-refractivity contribution in [2.75, 3.05) is 12.4 Å². The summed E-state index contributed by atoms with van der Waals surface area (Å²) in [6.07, 6.45) is 1.93. The van der Waals surface area contributed by atoms with Crippen molar-refractivity contribution in [3.63, 3.8) is 0 Å². The Morgan fingerprint density at radius 2 is 2.00 bits per heavy atom. The SMILES string of the molecule is COc1ccccc1NC(=O)Cc1coc2cc(C)c(C(C)C)cc12. The zero-order chi connectivity index (χ0) is 18.0. The highest BCUT2D eigenvalue weighted by atomic mass is 16.5. The van der Waals surface area contributed by atoms with Crippen LogP contribution in [0, 0.1) is 6.92 Å². The Kier molecular flexibility index (Phi) is 4.79. The number of para-hydroxylation sites is 2. The summed E-state index contributed by atoms with van der Waals surface area (Å²) in [5.74, 6) is 0.971. The molecule has 0 atom stereocenters. The molecule has 4 nitrogen and oxygen atoms in total. The first-order valence-corrected chi connectivity index (χ1v) is 8.43. The largest absolute Gasteiger partial charge is 0.495 e. The average molecular weight is 337 g/mol. The van der Waals surface area contributed by atoms with Crippen molar-refractivity contribution in [3.8, 4) is 5.75 Å². The normalized spacial score (nSPS) is 11.1. The maximum Gasteiger partial charge on any atom is 0.229 e. The molecule has 1 heterocycles. The Morgan fingerprint density at radius 3 is 2.72 bits per heavy atom. The van der Waals surface area contributed by atoms with E-state index in [4.69, 9.17) is 9.15 Å². The van der Waals surface area contributed by atoms with E-state index in [1.54, 1.807) is 13.4 Å². The molecule has 0 saturated carbocycles. The van der Waals surface area contributed by atoms with Crippen molar-refractivity contribution in [1.82, 2.24) is 0 Å². The number of anilines is 1. The highest BCUT2D eigenvalue weighted by Crippen LogP contribution is 2.29. The molecule has 1 N–H and O–H groups in total. The Bertz CT molecular complexity index is 909. The number of benzene rings is 2. The second-order valence-corrected chi connectivity index (χ2v) is 6.55. The fourth-order valence-corrected chi connectivity index (χ4v) is 3.12. The molecule has 0 unspecified atom stereocenters. The second kappa shape index (κ2) is 7.01. The van der Waals surface area contributed by atoms with E-state index in [0.29, 0.717) is 17.4 Å². The first-order chi connectivity index (χ1) is 12.0. The van der Waals surface area contributed by atoms with Gasteiger partial charge < -0.3 is 14.5 Å². The number of nitrogens with one attached hydrogen (secondary N) is 1. The van der Waals surface area contributed by atoms with Crippen LogP contribution in [0.2, 0.25) is 0 Å². The topological polar surface area (TPSA) is 51.5 Å². The van der Waals surface area contributed by atoms with Crippen LogP contribution in [0.5, 0.6) is 5.75 Å². The summed E-state index contributed by atoms with van der Waals surface area (Å²) in [4.78, 5) is 12.5. The van der Waals surface area contributed by atoms with E-state index in [0.717, 1.165) is 16.5 Å². The molecule has 130 valence electrons. The van der Waals surface area contributed by atoms with E-state index in [2.05, 4.69) is 32.2 Å². The quantitative estimate of drug-likeness (QED) is 0.708. The van der Waals surface area contributed by atoms with Gasteiger partial charge in [0.1, 0.15) is 11.3 Å². The van der Waals surface area contributed by atoms with Crippen LogP contribution < -0.4 is 10.1 Å². The lowest BCUT2D eigenvalue weighted by Crippen LogP contribution is -2.14. The molecule has 0 aliphatic rings. The van der Waals surface area contributed by atoms with Crippen LogP contribution >= 0.6 is 0 Å². The summed E-state index contributed by atoms with van der Waals surface area (Å²) in [6, 6.07) is 11.6. The van der Waals surface area contributed by atoms with Crippen molar-refractivity contribution >= 4 is 22.6 Å². The van der Waals surface area contributed by atoms with E-state index >= 15 is 0 Å². The molecule has 0 aliphatic carbocycles. The molecule has 0 bridgehead atoms. The van der Waals surface area contributed by atoms with Gasteiger partial charge in [-0.05, 0) is 48.2 Å². The molecular formula is C21H23NO3. The molecule has 0 spiro atoms. The van der Waals surface area contributed by atoms with Gasteiger partial charge in [-0.15, -0.1) is 0 Å². The first-order valence-electron chi connectivity index (χ1n) is 8.43. The van der Waals surface area contributed by atoms with Gasteiger partial charge in [-0.3, -0.25) is 4.79 Å². The summed E-state index contributed by atoms with van der Waals surface area (Å²) >= 11 is 0. The Hall–Kier alpha value is -2.75. The number of ether oxygens (including phenoxy) is 1. The Labute approximate surface area is 147 Å². The van der Waals surface area contributed by atoms with Gasteiger partial charge >= 0.3 is 0 Å². The maximum absolute atomic E-state index is 12.5. The van der Waals surface area contributed by atoms with Gasteiger partial charge in [0.25, 0.3) is 0 Å². The third-order valence-electron chi connectivity index (χ3n) is 4.40. The van der Waals surface area contributed by atoms with Crippen molar-refractivity contribution in [2.45, 2.75) is 33.1 Å². The van der Waals surface area contributed by atoms with E-state index in [1.165, 1.54) is 11.1 Å². The number of carbonyl (C=O) groups excluding carboxylic acids is 1. The molecule has 0 fully saturated rings. The minimum absolute atomic E-state index is 0.0983. The fourth-order valence-electron chi connectivity index (χ4n) is 3.12. The standard InChI is InChI=1S/C21H23NO3/c1-13(2)16-11-17-15(12-25-20(17)9-14(16)3)10-21(23)22-18-7-5-6-8-19(18)24-4/h5-9,11-13H,10H2,1-4H3,(H,22,23). The summed E-state index contributed by atoms with van der Waals surface area (Å²) < 4.78 is 10.9. The van der Waals surface area contributed by atoms with E-state index in [9.17, 15) is 4.79 Å². The third-order valence-corrected chi connectivity index (χ3v) is 4.40. The van der Waals surface area contributed by atoms with E-state index in [-0.39, 0.29) is 12.3 Å². The zero-order valence-corrected chi connectivity index (χ0v) is 15.1. The smallest absolute Gasteiger partial charge is 0.229 e. The maximum atomic E-state index is 12.5. The minimum Gasteiger partial charge on any atom is -0.495 e. The molecule has 3 aromatic rings. The molecule has 0 saturated heterocycles. The van der Waals surface area contributed by atoms with Crippen molar-refractivity contribution in [2.24, 2.45) is 0 Å². The van der Waals surface area contributed by atoms with Crippen LogP contribution in [-0.4, -0.2) is 13.0 Å². The molecule has 3 rings (SSSR count). The molecule has 1 aromatic heterocycles. The molecular weight excluding hydrogens is 314 g/mol. The summed E-state index contributed by atoms with van der Waals surface area (Å²) in [5, 5.41) is 3.91. The van der Waals surface area contributed by atoms with Crippen molar-refractivity contribution in [3.05, 3.63) is 59.4 Å². The van der Waals surface area contributed by atoms with Crippen LogP contribution in [0.3, 0.4) is 0 Å². The summed E-state index contributed by atoms with van der Waals surface area (Å²) in [6.45, 7) is 6.43. The second-order valence-electron chi connectivity index (χ2n) is 6.55. The van der Waals surface area contributed by atoms with Gasteiger partial charge in [0.05, 0.1) is 25.5 Å². The molecule has 1 amide bonds. The van der Waals surface area contributed by atoms with Crippen LogP contribution in [0.1, 0.15) is 36.5 Å². The molecule has 4 heteroatoms. The van der Waals surface area contributed by atoms with Crippen molar-refractivity contribution in [1.29, 1.82) is 0 Å². The van der Waals surface area contributed by atoms with Crippen LogP contribution in [0.15, 0.2) is 47.1 Å². The fraction of sp³-hybridized carbons (Fsp3) is 0.286. The van der Waals surface area contributed by atoms with Gasteiger partial charge in [-0.25, -0.2) is 0 Å². The lowest BCUT2D eigenvalue weighted by atomic mass is 9.95. The Morgan fingerprint density at radius 1 is 1.24 bits per heavy atom. The number of furan rings is 1. The van der Waals surface area contributed by atoms with Crippen LogP contribution in [-0.2, 0) is 11.2 Å². The van der Waals surface area contributed by atoms with Gasteiger partial charge in [-0.1, -0.05) is 26.0 Å². The van der Waals surface area contributed by atoms with Crippen molar-refractivity contribution < 1.29 is 13.9 Å². The minimum atomic E-state index is -0.0983. The van der Waals surface area contributed by atoms with E-state index < -0.39 is 0 Å². The lowest BCUT2D eigenvalue weighted by molar-refractivity contribution is -0.115. The monoisotopic (exact) mass is 337 g/mol. The number of hydrogen-bond donors (Lipinski definition) is 1. The summed E-state index contributed by atoms with van der Waals surface area (Å²) in [5.41, 5.74) is 4.87. The summed E-state index contributed by atoms with van der Waals surface area (Å²) in [7, 11) is 1.59. The number of aryl methyl sites for hydroxylation is 1. The molecule has 0 radical (unpaired) electrons. The van der Waals surface area contributed by atoms with Crippen LogP contribution in [0.25, 0.3) is 11.0 Å². The highest BCUT2D eigenvalue weighted by molar-refractivity contribution is 5.96. The number of rotatable bonds is 5. The number of methoxy groups -OCH3 is 1. The first kappa shape index (κ1) is 17.1. The molecule has 2 aromatic carbocycles. The van der Waals surface area contributed by atoms with Gasteiger partial charge in [0, 0.05) is 10.9 Å². The lowest BCUT2D eigenvalue weighted by Gasteiger charge is -2.11. The predicted octanol–water partition coefficient (Wildman–Crippen LogP) is 5.05. The highest BCUT2D eigenvalue weighted by Gasteiger charge is 2.15. The number of amides is 1.